The van der Waals surface area contributed by atoms with Crippen molar-refractivity contribution in [3.05, 3.63) is 192 Å². The Kier molecular flexibility index (Phi) is 7.11. The molecule has 0 aliphatic heterocycles. The predicted molar refractivity (Wildman–Crippen MR) is 217 cm³/mol. The van der Waals surface area contributed by atoms with Crippen molar-refractivity contribution in [1.29, 1.82) is 0 Å². The van der Waals surface area contributed by atoms with Gasteiger partial charge in [-0.2, -0.15) is 0 Å². The fourth-order valence-corrected chi connectivity index (χ4v) is 10.3. The second-order valence-electron chi connectivity index (χ2n) is 14.1. The van der Waals surface area contributed by atoms with Gasteiger partial charge in [0.2, 0.25) is 0 Å². The number of nitrogens with zero attached hydrogens (tertiary/aromatic N) is 2. The van der Waals surface area contributed by atoms with E-state index in [1.165, 1.54) is 82.1 Å². The molecule has 2 nitrogen and oxygen atoms in total. The van der Waals surface area contributed by atoms with Crippen molar-refractivity contribution in [3.63, 3.8) is 0 Å². The van der Waals surface area contributed by atoms with Gasteiger partial charge < -0.3 is 9.80 Å². The summed E-state index contributed by atoms with van der Waals surface area (Å²) in [6.45, 7) is 2.29. The van der Waals surface area contributed by atoms with Gasteiger partial charge in [0.1, 0.15) is 0 Å². The summed E-state index contributed by atoms with van der Waals surface area (Å²) >= 11 is 1.90. The Morgan fingerprint density at radius 3 is 1.55 bits per heavy atom. The van der Waals surface area contributed by atoms with Crippen LogP contribution in [0.5, 0.6) is 0 Å². The Balaban J connectivity index is 1.21. The zero-order chi connectivity index (χ0) is 33.9. The first-order valence-electron chi connectivity index (χ1n) is 18.1. The standard InChI is InChI=1S/C48H38N2S/c1-33-31-40-39-23-11-12-26-44(39)51-45(40)32-43(33)50(38-21-9-4-10-22-38)42-25-14-16-35-28-30-48(47(35)42)29-27-34-15-13-24-41(46(34)48)49(36-17-5-2-6-18-36)37-19-7-3-8-20-37/h2-26,31-32H,27-30H2,1H3/t48-/m1/s1. The molecule has 3 heteroatoms. The fourth-order valence-electron chi connectivity index (χ4n) is 9.19. The molecule has 0 N–H and O–H groups in total. The summed E-state index contributed by atoms with van der Waals surface area (Å²) in [5.74, 6) is 0. The highest BCUT2D eigenvalue weighted by atomic mass is 32.1. The van der Waals surface area contributed by atoms with Gasteiger partial charge in [-0.25, -0.2) is 0 Å². The van der Waals surface area contributed by atoms with Crippen molar-refractivity contribution in [2.45, 2.75) is 38.0 Å². The van der Waals surface area contributed by atoms with Crippen LogP contribution in [0, 0.1) is 6.92 Å². The number of aryl methyl sites for hydroxylation is 3. The fraction of sp³-hybridized carbons (Fsp3) is 0.125. The lowest BCUT2D eigenvalue weighted by Crippen LogP contribution is -2.27. The van der Waals surface area contributed by atoms with E-state index in [0.29, 0.717) is 0 Å². The molecule has 51 heavy (non-hydrogen) atoms. The van der Waals surface area contributed by atoms with Crippen LogP contribution in [-0.4, -0.2) is 0 Å². The lowest BCUT2D eigenvalue weighted by molar-refractivity contribution is 0.508. The van der Waals surface area contributed by atoms with E-state index in [9.17, 15) is 0 Å². The van der Waals surface area contributed by atoms with E-state index >= 15 is 0 Å². The largest absolute Gasteiger partial charge is 0.310 e. The first-order valence-corrected chi connectivity index (χ1v) is 18.9. The molecule has 0 saturated heterocycles. The Labute approximate surface area is 303 Å². The summed E-state index contributed by atoms with van der Waals surface area (Å²) < 4.78 is 2.67. The number of rotatable bonds is 6. The number of para-hydroxylation sites is 3. The molecule has 0 bridgehead atoms. The van der Waals surface area contributed by atoms with E-state index in [1.807, 2.05) is 11.3 Å². The maximum atomic E-state index is 2.57. The molecule has 246 valence electrons. The molecule has 7 aromatic carbocycles. The molecule has 0 unspecified atom stereocenters. The molecule has 2 aliphatic carbocycles. The van der Waals surface area contributed by atoms with Crippen molar-refractivity contribution in [1.82, 2.24) is 0 Å². The average Bonchev–Trinajstić information content (AvgIpc) is 3.87. The molecule has 8 aromatic rings. The Bertz CT molecular complexity index is 2510. The SMILES string of the molecule is Cc1cc2c(cc1N(c1ccccc1)c1cccc3c1[C@]1(CCc4cccc(N(c5ccccc5)c5ccccc5)c41)CC3)sc1ccccc12. The number of benzene rings is 7. The lowest BCUT2D eigenvalue weighted by atomic mass is 9.74. The number of fused-ring (bicyclic) bond motifs is 7. The first kappa shape index (κ1) is 30.2. The summed E-state index contributed by atoms with van der Waals surface area (Å²) in [4.78, 5) is 5.05. The third kappa shape index (κ3) is 4.76. The molecule has 1 spiro atoms. The van der Waals surface area contributed by atoms with Crippen LogP contribution in [0.4, 0.5) is 34.1 Å². The highest BCUT2D eigenvalue weighted by Gasteiger charge is 2.49. The normalized spacial score (nSPS) is 16.1. The highest BCUT2D eigenvalue weighted by molar-refractivity contribution is 7.25. The Morgan fingerprint density at radius 1 is 0.451 bits per heavy atom. The maximum Gasteiger partial charge on any atom is 0.0505 e. The van der Waals surface area contributed by atoms with Crippen LogP contribution in [0.15, 0.2) is 164 Å². The molecule has 1 atom stereocenters. The summed E-state index contributed by atoms with van der Waals surface area (Å²) in [6, 6.07) is 60.6. The van der Waals surface area contributed by atoms with Gasteiger partial charge >= 0.3 is 0 Å². The topological polar surface area (TPSA) is 6.48 Å². The lowest BCUT2D eigenvalue weighted by Gasteiger charge is -2.37. The average molecular weight is 675 g/mol. The maximum absolute atomic E-state index is 2.57. The predicted octanol–water partition coefficient (Wildman–Crippen LogP) is 13.5. The molecular formula is C48H38N2S. The van der Waals surface area contributed by atoms with E-state index < -0.39 is 0 Å². The van der Waals surface area contributed by atoms with Crippen molar-refractivity contribution in [3.8, 4) is 0 Å². The van der Waals surface area contributed by atoms with Gasteiger partial charge in [-0.1, -0.05) is 97.1 Å². The summed E-state index contributed by atoms with van der Waals surface area (Å²) in [7, 11) is 0. The minimum Gasteiger partial charge on any atom is -0.310 e. The van der Waals surface area contributed by atoms with Crippen molar-refractivity contribution >= 4 is 65.6 Å². The van der Waals surface area contributed by atoms with Crippen molar-refractivity contribution < 1.29 is 0 Å². The number of hydrogen-bond donors (Lipinski definition) is 0. The van der Waals surface area contributed by atoms with Crippen LogP contribution in [0.3, 0.4) is 0 Å². The first-order chi connectivity index (χ1) is 25.2. The van der Waals surface area contributed by atoms with E-state index in [2.05, 4.69) is 181 Å². The zero-order valence-electron chi connectivity index (χ0n) is 28.7. The molecule has 0 fully saturated rings. The second-order valence-corrected chi connectivity index (χ2v) is 15.2. The summed E-state index contributed by atoms with van der Waals surface area (Å²) in [6.07, 6.45) is 4.37. The minimum absolute atomic E-state index is 0.109. The van der Waals surface area contributed by atoms with Crippen LogP contribution in [0.1, 0.15) is 40.7 Å². The van der Waals surface area contributed by atoms with Crippen LogP contribution < -0.4 is 9.80 Å². The molecule has 0 amide bonds. The molecule has 1 aromatic heterocycles. The van der Waals surface area contributed by atoms with E-state index in [-0.39, 0.29) is 5.41 Å². The third-order valence-electron chi connectivity index (χ3n) is 11.3. The second kappa shape index (κ2) is 12.0. The quantitative estimate of drug-likeness (QED) is 0.173. The molecule has 1 heterocycles. The number of anilines is 6. The van der Waals surface area contributed by atoms with Crippen LogP contribution in [0.2, 0.25) is 0 Å². The van der Waals surface area contributed by atoms with Gasteiger partial charge in [0.15, 0.2) is 0 Å². The van der Waals surface area contributed by atoms with Gasteiger partial charge in [0.25, 0.3) is 0 Å². The molecule has 2 aliphatic rings. The van der Waals surface area contributed by atoms with Crippen molar-refractivity contribution in [2.75, 3.05) is 9.80 Å². The van der Waals surface area contributed by atoms with E-state index in [1.54, 1.807) is 0 Å². The smallest absolute Gasteiger partial charge is 0.0505 e. The minimum atomic E-state index is -0.109. The number of thiophene rings is 1. The van der Waals surface area contributed by atoms with Gasteiger partial charge in [-0.15, -0.1) is 11.3 Å². The molecule has 0 radical (unpaired) electrons. The number of hydrogen-bond acceptors (Lipinski definition) is 3. The molecular weight excluding hydrogens is 637 g/mol. The van der Waals surface area contributed by atoms with E-state index in [4.69, 9.17) is 0 Å². The van der Waals surface area contributed by atoms with Gasteiger partial charge in [-0.3, -0.25) is 0 Å². The van der Waals surface area contributed by atoms with Crippen LogP contribution in [-0.2, 0) is 18.3 Å². The zero-order valence-corrected chi connectivity index (χ0v) is 29.5. The van der Waals surface area contributed by atoms with Crippen molar-refractivity contribution in [2.24, 2.45) is 0 Å². The monoisotopic (exact) mass is 674 g/mol. The van der Waals surface area contributed by atoms with Crippen LogP contribution in [0.25, 0.3) is 20.2 Å². The van der Waals surface area contributed by atoms with Gasteiger partial charge in [0, 0.05) is 42.6 Å². The highest BCUT2D eigenvalue weighted by Crippen LogP contribution is 2.60. The van der Waals surface area contributed by atoms with E-state index in [0.717, 1.165) is 25.7 Å². The summed E-state index contributed by atoms with van der Waals surface area (Å²) in [5, 5.41) is 2.69. The molecule has 10 rings (SSSR count). The molecule has 0 saturated carbocycles. The Morgan fingerprint density at radius 2 is 0.961 bits per heavy atom. The Hall–Kier alpha value is -5.64. The third-order valence-corrected chi connectivity index (χ3v) is 12.5. The van der Waals surface area contributed by atoms with Gasteiger partial charge in [0.05, 0.1) is 17.1 Å². The van der Waals surface area contributed by atoms with Gasteiger partial charge in [-0.05, 0) is 127 Å². The summed E-state index contributed by atoms with van der Waals surface area (Å²) in [5.41, 5.74) is 14.5. The van der Waals surface area contributed by atoms with Crippen LogP contribution >= 0.6 is 11.3 Å².